The van der Waals surface area contributed by atoms with E-state index in [0.29, 0.717) is 19.6 Å². The molecule has 0 radical (unpaired) electrons. The number of halogens is 3. The lowest BCUT2D eigenvalue weighted by molar-refractivity contribution is -0.274. The van der Waals surface area contributed by atoms with Crippen LogP contribution in [-0.4, -0.2) is 20.8 Å². The molecule has 0 saturated heterocycles. The number of hydrogen-bond acceptors (Lipinski definition) is 3. The smallest absolute Gasteiger partial charge is 0.406 e. The Labute approximate surface area is 245 Å². The third-order valence-corrected chi connectivity index (χ3v) is 7.07. The summed E-state index contributed by atoms with van der Waals surface area (Å²) in [5.74, 6) is 0.712. The van der Waals surface area contributed by atoms with Gasteiger partial charge < -0.3 is 9.30 Å². The highest BCUT2D eigenvalue weighted by Gasteiger charge is 2.31. The van der Waals surface area contributed by atoms with Crippen LogP contribution >= 0.6 is 0 Å². The fraction of sp³-hybridized carbons (Fsp3) is 0.229. The van der Waals surface area contributed by atoms with Crippen LogP contribution in [0.3, 0.4) is 0 Å². The molecule has 4 nitrogen and oxygen atoms in total. The summed E-state index contributed by atoms with van der Waals surface area (Å²) in [6.45, 7) is 4.82. The van der Waals surface area contributed by atoms with E-state index in [2.05, 4.69) is 57.5 Å². The van der Waals surface area contributed by atoms with Crippen molar-refractivity contribution < 1.29 is 17.9 Å². The van der Waals surface area contributed by atoms with E-state index >= 15 is 0 Å². The molecule has 0 amide bonds. The van der Waals surface area contributed by atoms with Crippen molar-refractivity contribution in [1.29, 1.82) is 0 Å². The van der Waals surface area contributed by atoms with Gasteiger partial charge >= 0.3 is 6.36 Å². The van der Waals surface area contributed by atoms with Gasteiger partial charge in [-0.05, 0) is 29.7 Å². The second-order valence-corrected chi connectivity index (χ2v) is 10.3. The van der Waals surface area contributed by atoms with Crippen LogP contribution in [0.1, 0.15) is 36.6 Å². The molecule has 0 atom stereocenters. The average Bonchev–Trinajstić information content (AvgIpc) is 3.35. The summed E-state index contributed by atoms with van der Waals surface area (Å²) in [6, 6.07) is 36.8. The molecular weight excluding hydrogens is 535 g/mol. The summed E-state index contributed by atoms with van der Waals surface area (Å²) in [4.78, 5) is 7.54. The fourth-order valence-corrected chi connectivity index (χ4v) is 5.11. The first kappa shape index (κ1) is 29.1. The molecule has 1 heterocycles. The Balaban J connectivity index is 1.55. The summed E-state index contributed by atoms with van der Waals surface area (Å²) in [5.41, 5.74) is 6.21. The first-order valence-corrected chi connectivity index (χ1v) is 14.2. The minimum atomic E-state index is -4.72. The summed E-state index contributed by atoms with van der Waals surface area (Å²) in [7, 11) is 0. The number of benzene rings is 4. The topological polar surface area (TPSA) is 30.3 Å². The lowest BCUT2D eigenvalue weighted by atomic mass is 10.1. The molecule has 42 heavy (non-hydrogen) atoms. The summed E-state index contributed by atoms with van der Waals surface area (Å²) in [5, 5.41) is 0. The fourth-order valence-electron chi connectivity index (χ4n) is 5.11. The molecule has 0 aliphatic heterocycles. The van der Waals surface area contributed by atoms with Gasteiger partial charge in [0.25, 0.3) is 0 Å². The predicted molar refractivity (Wildman–Crippen MR) is 161 cm³/mol. The first-order chi connectivity index (χ1) is 20.4. The van der Waals surface area contributed by atoms with Gasteiger partial charge in [0.15, 0.2) is 0 Å². The highest BCUT2D eigenvalue weighted by Crippen LogP contribution is 2.32. The van der Waals surface area contributed by atoms with Crippen LogP contribution < -0.4 is 4.74 Å². The minimum Gasteiger partial charge on any atom is -0.406 e. The standard InChI is InChI=1S/C35H34F3N3O/c1-2-3-23-41-32(33(29-15-9-5-10-16-29)39-34(41)30-17-11-6-12-18-30)26-40(24-27-13-7-4-8-14-27)25-28-19-21-31(22-20-28)42-35(36,37)38/h4-22H,2-3,23-26H2,1H3. The van der Waals surface area contributed by atoms with Crippen molar-refractivity contribution in [3.8, 4) is 28.4 Å². The van der Waals surface area contributed by atoms with Crippen molar-refractivity contribution in [2.24, 2.45) is 0 Å². The number of imidazole rings is 1. The van der Waals surface area contributed by atoms with Crippen molar-refractivity contribution in [3.05, 3.63) is 132 Å². The van der Waals surface area contributed by atoms with E-state index in [1.807, 2.05) is 54.6 Å². The minimum absolute atomic E-state index is 0.225. The van der Waals surface area contributed by atoms with Crippen LogP contribution in [0.25, 0.3) is 22.6 Å². The highest BCUT2D eigenvalue weighted by atomic mass is 19.4. The zero-order chi connectivity index (χ0) is 29.4. The highest BCUT2D eigenvalue weighted by molar-refractivity contribution is 5.68. The molecule has 0 spiro atoms. The number of aromatic nitrogens is 2. The molecule has 0 saturated carbocycles. The number of rotatable bonds is 12. The summed E-state index contributed by atoms with van der Waals surface area (Å²) in [6.07, 6.45) is -2.66. The van der Waals surface area contributed by atoms with Gasteiger partial charge in [-0.15, -0.1) is 13.2 Å². The van der Waals surface area contributed by atoms with Crippen molar-refractivity contribution in [2.75, 3.05) is 0 Å². The van der Waals surface area contributed by atoms with Crippen LogP contribution in [0, 0.1) is 0 Å². The zero-order valence-electron chi connectivity index (χ0n) is 23.6. The zero-order valence-corrected chi connectivity index (χ0v) is 23.6. The van der Waals surface area contributed by atoms with E-state index in [0.717, 1.165) is 58.9 Å². The Hall–Kier alpha value is -4.36. The number of nitrogens with zero attached hydrogens (tertiary/aromatic N) is 3. The molecule has 0 unspecified atom stereocenters. The van der Waals surface area contributed by atoms with Gasteiger partial charge in [-0.1, -0.05) is 116 Å². The Morgan fingerprint density at radius 2 is 1.24 bits per heavy atom. The van der Waals surface area contributed by atoms with Crippen LogP contribution in [0.2, 0.25) is 0 Å². The monoisotopic (exact) mass is 569 g/mol. The molecule has 7 heteroatoms. The van der Waals surface area contributed by atoms with Crippen molar-refractivity contribution in [1.82, 2.24) is 14.5 Å². The van der Waals surface area contributed by atoms with Gasteiger partial charge in [0.1, 0.15) is 11.6 Å². The molecule has 0 bridgehead atoms. The second kappa shape index (κ2) is 13.5. The van der Waals surface area contributed by atoms with Gasteiger partial charge in [0.05, 0.1) is 11.4 Å². The maximum atomic E-state index is 12.7. The Kier molecular flexibility index (Phi) is 9.39. The Morgan fingerprint density at radius 1 is 0.690 bits per heavy atom. The maximum absolute atomic E-state index is 12.7. The molecule has 0 N–H and O–H groups in total. The number of hydrogen-bond donors (Lipinski definition) is 0. The summed E-state index contributed by atoms with van der Waals surface area (Å²) < 4.78 is 44.6. The molecule has 5 rings (SSSR count). The van der Waals surface area contributed by atoms with E-state index in [1.54, 1.807) is 12.1 Å². The Morgan fingerprint density at radius 3 is 1.81 bits per heavy atom. The third-order valence-electron chi connectivity index (χ3n) is 7.07. The van der Waals surface area contributed by atoms with Gasteiger partial charge in [0.2, 0.25) is 0 Å². The molecule has 4 aromatic carbocycles. The van der Waals surface area contributed by atoms with Crippen molar-refractivity contribution in [3.63, 3.8) is 0 Å². The van der Waals surface area contributed by atoms with E-state index in [-0.39, 0.29) is 5.75 Å². The average molecular weight is 570 g/mol. The van der Waals surface area contributed by atoms with Crippen LogP contribution in [0.4, 0.5) is 13.2 Å². The van der Waals surface area contributed by atoms with E-state index in [4.69, 9.17) is 4.98 Å². The van der Waals surface area contributed by atoms with Crippen molar-refractivity contribution in [2.45, 2.75) is 52.3 Å². The van der Waals surface area contributed by atoms with Gasteiger partial charge in [0, 0.05) is 37.3 Å². The normalized spacial score (nSPS) is 11.6. The first-order valence-electron chi connectivity index (χ1n) is 14.2. The van der Waals surface area contributed by atoms with E-state index in [9.17, 15) is 13.2 Å². The molecule has 0 aliphatic rings. The molecule has 216 valence electrons. The SMILES string of the molecule is CCCCn1c(-c2ccccc2)nc(-c2ccccc2)c1CN(Cc1ccccc1)Cc1ccc(OC(F)(F)F)cc1. The molecule has 5 aromatic rings. The third kappa shape index (κ3) is 7.68. The quantitative estimate of drug-likeness (QED) is 0.150. The second-order valence-electron chi connectivity index (χ2n) is 10.3. The number of unbranched alkanes of at least 4 members (excludes halogenated alkanes) is 1. The largest absolute Gasteiger partial charge is 0.573 e. The lowest BCUT2D eigenvalue weighted by Crippen LogP contribution is -2.24. The molecule has 0 fully saturated rings. The van der Waals surface area contributed by atoms with Crippen LogP contribution in [-0.2, 0) is 26.2 Å². The van der Waals surface area contributed by atoms with Crippen LogP contribution in [0.15, 0.2) is 115 Å². The van der Waals surface area contributed by atoms with Crippen molar-refractivity contribution >= 4 is 0 Å². The van der Waals surface area contributed by atoms with Gasteiger partial charge in [-0.25, -0.2) is 4.98 Å². The number of ether oxygens (including phenoxy) is 1. The van der Waals surface area contributed by atoms with Crippen LogP contribution in [0.5, 0.6) is 5.75 Å². The predicted octanol–water partition coefficient (Wildman–Crippen LogP) is 9.12. The number of alkyl halides is 3. The Bertz CT molecular complexity index is 1530. The van der Waals surface area contributed by atoms with E-state index < -0.39 is 6.36 Å². The molecule has 0 aliphatic carbocycles. The van der Waals surface area contributed by atoms with E-state index in [1.165, 1.54) is 12.1 Å². The molecular formula is C35H34F3N3O. The summed E-state index contributed by atoms with van der Waals surface area (Å²) >= 11 is 0. The maximum Gasteiger partial charge on any atom is 0.573 e. The lowest BCUT2D eigenvalue weighted by Gasteiger charge is -2.25. The van der Waals surface area contributed by atoms with Gasteiger partial charge in [-0.3, -0.25) is 4.90 Å². The van der Waals surface area contributed by atoms with Gasteiger partial charge in [-0.2, -0.15) is 0 Å². The molecule has 1 aromatic heterocycles.